The summed E-state index contributed by atoms with van der Waals surface area (Å²) in [6.07, 6.45) is 3.77. The number of hydrogen-bond donors (Lipinski definition) is 1. The zero-order valence-electron chi connectivity index (χ0n) is 13.9. The average molecular weight is 339 g/mol. The number of piperazine rings is 1. The highest BCUT2D eigenvalue weighted by Crippen LogP contribution is 2.28. The number of carbonyl (C=O) groups excluding carboxylic acids is 2. The Balaban J connectivity index is 1.47. The summed E-state index contributed by atoms with van der Waals surface area (Å²) >= 11 is 0. The van der Waals surface area contributed by atoms with Crippen LogP contribution in [0.15, 0.2) is 53.1 Å². The van der Waals surface area contributed by atoms with Gasteiger partial charge in [0.2, 0.25) is 5.91 Å². The third kappa shape index (κ3) is 3.38. The molecule has 130 valence electrons. The molecule has 2 aromatic rings. The fraction of sp³-hybridized carbons (Fsp3) is 0.368. The molecule has 2 aliphatic rings. The Morgan fingerprint density at radius 1 is 1.12 bits per heavy atom. The van der Waals surface area contributed by atoms with Gasteiger partial charge in [-0.1, -0.05) is 30.3 Å². The molecule has 1 atom stereocenters. The number of benzene rings is 1. The van der Waals surface area contributed by atoms with Crippen LogP contribution in [0.2, 0.25) is 0 Å². The maximum absolute atomic E-state index is 12.7. The second-order valence-electron chi connectivity index (χ2n) is 6.55. The Morgan fingerprint density at radius 2 is 1.92 bits per heavy atom. The molecule has 1 saturated carbocycles. The van der Waals surface area contributed by atoms with Crippen LogP contribution >= 0.6 is 0 Å². The van der Waals surface area contributed by atoms with Crippen LogP contribution in [-0.4, -0.2) is 47.4 Å². The number of urea groups is 1. The van der Waals surface area contributed by atoms with Crippen LogP contribution in [0.1, 0.15) is 30.2 Å². The largest absolute Gasteiger partial charge is 0.467 e. The van der Waals surface area contributed by atoms with Gasteiger partial charge in [0.05, 0.1) is 6.26 Å². The highest BCUT2D eigenvalue weighted by Gasteiger charge is 2.37. The summed E-state index contributed by atoms with van der Waals surface area (Å²) in [5.74, 6) is 0.709. The summed E-state index contributed by atoms with van der Waals surface area (Å²) < 4.78 is 5.51. The van der Waals surface area contributed by atoms with Crippen LogP contribution in [0.4, 0.5) is 4.79 Å². The van der Waals surface area contributed by atoms with Crippen LogP contribution < -0.4 is 5.32 Å². The first-order valence-electron chi connectivity index (χ1n) is 8.65. The van der Waals surface area contributed by atoms with E-state index in [9.17, 15) is 9.59 Å². The fourth-order valence-electron chi connectivity index (χ4n) is 3.27. The number of nitrogens with zero attached hydrogens (tertiary/aromatic N) is 2. The molecule has 6 nitrogen and oxygen atoms in total. The van der Waals surface area contributed by atoms with Crippen LogP contribution in [0.5, 0.6) is 0 Å². The summed E-state index contributed by atoms with van der Waals surface area (Å²) in [5, 5.41) is 3.01. The molecule has 1 aliphatic carbocycles. The van der Waals surface area contributed by atoms with E-state index in [4.69, 9.17) is 4.42 Å². The van der Waals surface area contributed by atoms with Crippen LogP contribution in [0, 0.1) is 0 Å². The maximum atomic E-state index is 12.7. The van der Waals surface area contributed by atoms with E-state index in [-0.39, 0.29) is 24.5 Å². The lowest BCUT2D eigenvalue weighted by atomic mass is 10.0. The van der Waals surface area contributed by atoms with Gasteiger partial charge in [-0.2, -0.15) is 0 Å². The molecule has 0 bridgehead atoms. The molecule has 1 saturated heterocycles. The summed E-state index contributed by atoms with van der Waals surface area (Å²) in [6.45, 7) is 1.32. The molecule has 2 fully saturated rings. The van der Waals surface area contributed by atoms with Crippen molar-refractivity contribution in [3.8, 4) is 0 Å². The lowest BCUT2D eigenvalue weighted by molar-refractivity contribution is -0.135. The van der Waals surface area contributed by atoms with Gasteiger partial charge in [0, 0.05) is 19.1 Å². The standard InChI is InChI=1S/C19H21N3O3/c23-17-13-21(10-11-22(17)15-8-9-15)19(24)20-18(16-7-4-12-25-16)14-5-2-1-3-6-14/h1-7,12,15,18H,8-11,13H2,(H,20,24). The quantitative estimate of drug-likeness (QED) is 0.930. The summed E-state index contributed by atoms with van der Waals surface area (Å²) in [5.41, 5.74) is 0.939. The lowest BCUT2D eigenvalue weighted by Crippen LogP contribution is -2.55. The van der Waals surface area contributed by atoms with Gasteiger partial charge in [0.15, 0.2) is 0 Å². The van der Waals surface area contributed by atoms with Crippen molar-refractivity contribution < 1.29 is 14.0 Å². The van der Waals surface area contributed by atoms with Gasteiger partial charge in [-0.3, -0.25) is 4.79 Å². The van der Waals surface area contributed by atoms with Crippen LogP contribution in [0.25, 0.3) is 0 Å². The number of carbonyl (C=O) groups is 2. The van der Waals surface area contributed by atoms with Crippen molar-refractivity contribution in [1.29, 1.82) is 0 Å². The molecule has 1 N–H and O–H groups in total. The highest BCUT2D eigenvalue weighted by molar-refractivity contribution is 5.86. The molecule has 3 amide bonds. The smallest absolute Gasteiger partial charge is 0.318 e. The van der Waals surface area contributed by atoms with E-state index in [0.717, 1.165) is 18.4 Å². The molecule has 25 heavy (non-hydrogen) atoms. The normalized spacial score (nSPS) is 19.0. The van der Waals surface area contributed by atoms with Gasteiger partial charge < -0.3 is 19.5 Å². The molecule has 1 unspecified atom stereocenters. The number of nitrogens with one attached hydrogen (secondary N) is 1. The van der Waals surface area contributed by atoms with Crippen molar-refractivity contribution in [1.82, 2.24) is 15.1 Å². The van der Waals surface area contributed by atoms with Crippen molar-refractivity contribution >= 4 is 11.9 Å². The van der Waals surface area contributed by atoms with E-state index in [1.165, 1.54) is 0 Å². The molecule has 1 aliphatic heterocycles. The molecule has 4 rings (SSSR count). The van der Waals surface area contributed by atoms with Crippen molar-refractivity contribution in [2.75, 3.05) is 19.6 Å². The Morgan fingerprint density at radius 3 is 2.56 bits per heavy atom. The zero-order valence-corrected chi connectivity index (χ0v) is 13.9. The fourth-order valence-corrected chi connectivity index (χ4v) is 3.27. The van der Waals surface area contributed by atoms with Crippen molar-refractivity contribution in [2.45, 2.75) is 24.9 Å². The van der Waals surface area contributed by atoms with Gasteiger partial charge in [0.25, 0.3) is 0 Å². The second kappa shape index (κ2) is 6.63. The SMILES string of the molecule is O=C(NC(c1ccccc1)c1ccco1)N1CCN(C2CC2)C(=O)C1. The Bertz CT molecular complexity index is 741. The first-order chi connectivity index (χ1) is 12.2. The summed E-state index contributed by atoms with van der Waals surface area (Å²) in [7, 11) is 0. The highest BCUT2D eigenvalue weighted by atomic mass is 16.3. The number of amides is 3. The molecule has 0 spiro atoms. The van der Waals surface area contributed by atoms with E-state index < -0.39 is 0 Å². The number of furan rings is 1. The molecule has 0 radical (unpaired) electrons. The maximum Gasteiger partial charge on any atom is 0.318 e. The monoisotopic (exact) mass is 339 g/mol. The molecule has 1 aromatic carbocycles. The molecular weight excluding hydrogens is 318 g/mol. The lowest BCUT2D eigenvalue weighted by Gasteiger charge is -2.35. The van der Waals surface area contributed by atoms with E-state index >= 15 is 0 Å². The van der Waals surface area contributed by atoms with Gasteiger partial charge in [-0.25, -0.2) is 4.79 Å². The Hall–Kier alpha value is -2.76. The summed E-state index contributed by atoms with van der Waals surface area (Å²) in [4.78, 5) is 28.5. The minimum atomic E-state index is -0.375. The predicted molar refractivity (Wildman–Crippen MR) is 91.8 cm³/mol. The van der Waals surface area contributed by atoms with Crippen molar-refractivity contribution in [2.24, 2.45) is 0 Å². The van der Waals surface area contributed by atoms with Crippen molar-refractivity contribution in [3.63, 3.8) is 0 Å². The van der Waals surface area contributed by atoms with E-state index in [1.54, 1.807) is 17.2 Å². The first kappa shape index (κ1) is 15.7. The first-order valence-corrected chi connectivity index (χ1v) is 8.65. The number of hydrogen-bond acceptors (Lipinski definition) is 3. The Kier molecular flexibility index (Phi) is 4.17. The van der Waals surface area contributed by atoms with Gasteiger partial charge in [0.1, 0.15) is 18.3 Å². The third-order valence-corrected chi connectivity index (χ3v) is 4.76. The van der Waals surface area contributed by atoms with Gasteiger partial charge in [-0.15, -0.1) is 0 Å². The van der Waals surface area contributed by atoms with E-state index in [2.05, 4.69) is 5.32 Å². The topological polar surface area (TPSA) is 65.8 Å². The van der Waals surface area contributed by atoms with Crippen LogP contribution in [-0.2, 0) is 4.79 Å². The summed E-state index contributed by atoms with van der Waals surface area (Å²) in [6, 6.07) is 13.1. The molecule has 1 aromatic heterocycles. The molecule has 2 heterocycles. The minimum Gasteiger partial charge on any atom is -0.467 e. The molecular formula is C19H21N3O3. The zero-order chi connectivity index (χ0) is 17.2. The van der Waals surface area contributed by atoms with Crippen LogP contribution in [0.3, 0.4) is 0 Å². The minimum absolute atomic E-state index is 0.0400. The van der Waals surface area contributed by atoms with E-state index in [1.807, 2.05) is 41.3 Å². The molecule has 6 heteroatoms. The van der Waals surface area contributed by atoms with Crippen molar-refractivity contribution in [3.05, 3.63) is 60.1 Å². The predicted octanol–water partition coefficient (Wildman–Crippen LogP) is 2.39. The van der Waals surface area contributed by atoms with E-state index in [0.29, 0.717) is 24.9 Å². The Labute approximate surface area is 146 Å². The average Bonchev–Trinajstić information content (AvgIpc) is 3.34. The van der Waals surface area contributed by atoms with Gasteiger partial charge >= 0.3 is 6.03 Å². The van der Waals surface area contributed by atoms with Gasteiger partial charge in [-0.05, 0) is 30.5 Å². The third-order valence-electron chi connectivity index (χ3n) is 4.76. The second-order valence-corrected chi connectivity index (χ2v) is 6.55. The number of rotatable bonds is 4.